The predicted octanol–water partition coefficient (Wildman–Crippen LogP) is 4.39. The van der Waals surface area contributed by atoms with E-state index in [0.29, 0.717) is 0 Å². The van der Waals surface area contributed by atoms with Crippen molar-refractivity contribution in [1.29, 1.82) is 0 Å². The third kappa shape index (κ3) is 5.58. The van der Waals surface area contributed by atoms with Gasteiger partial charge >= 0.3 is 0 Å². The fourth-order valence-corrected chi connectivity index (χ4v) is 5.05. The van der Waals surface area contributed by atoms with Crippen LogP contribution in [0.1, 0.15) is 47.3 Å². The van der Waals surface area contributed by atoms with Crippen LogP contribution in [0.15, 0.2) is 30.3 Å². The highest BCUT2D eigenvalue weighted by Crippen LogP contribution is 2.27. The molecule has 0 aliphatic heterocycles. The highest BCUT2D eigenvalue weighted by Gasteiger charge is 2.15. The molecule has 25 heavy (non-hydrogen) atoms. The molecule has 1 aromatic heterocycles. The molecule has 1 amide bonds. The zero-order valence-electron chi connectivity index (χ0n) is 14.8. The Hall–Kier alpha value is -1.33. The lowest BCUT2D eigenvalue weighted by atomic mass is 10.0. The van der Waals surface area contributed by atoms with Gasteiger partial charge in [0.15, 0.2) is 0 Å². The highest BCUT2D eigenvalue weighted by molar-refractivity contribution is 7.99. The van der Waals surface area contributed by atoms with Crippen molar-refractivity contribution in [2.45, 2.75) is 56.5 Å². The van der Waals surface area contributed by atoms with Crippen LogP contribution in [0.2, 0.25) is 0 Å². The van der Waals surface area contributed by atoms with Gasteiger partial charge in [-0.05, 0) is 44.6 Å². The predicted molar refractivity (Wildman–Crippen MR) is 107 cm³/mol. The molecule has 0 saturated heterocycles. The molecule has 0 spiro atoms. The minimum Gasteiger partial charge on any atom is -0.355 e. The van der Waals surface area contributed by atoms with E-state index < -0.39 is 0 Å². The number of benzene rings is 1. The molecule has 0 saturated carbocycles. The smallest absolute Gasteiger partial charge is 0.232 e. The van der Waals surface area contributed by atoms with E-state index in [0.717, 1.165) is 31.6 Å². The topological polar surface area (TPSA) is 42.0 Å². The molecule has 2 aromatic rings. The molecule has 134 valence electrons. The third-order valence-electron chi connectivity index (χ3n) is 4.47. The second-order valence-corrected chi connectivity index (χ2v) is 9.02. The zero-order valence-corrected chi connectivity index (χ0v) is 16.4. The number of fused-ring (bicyclic) bond motifs is 1. The van der Waals surface area contributed by atoms with Crippen molar-refractivity contribution < 1.29 is 4.79 Å². The number of nitrogens with one attached hydrogen (secondary N) is 1. The van der Waals surface area contributed by atoms with E-state index in [4.69, 9.17) is 4.98 Å². The Balaban J connectivity index is 1.34. The fraction of sp³-hybridized carbons (Fsp3) is 0.500. The summed E-state index contributed by atoms with van der Waals surface area (Å²) in [5, 5.41) is 4.29. The Labute approximate surface area is 158 Å². The number of carbonyl (C=O) groups is 1. The maximum atomic E-state index is 12.2. The van der Waals surface area contributed by atoms with Crippen molar-refractivity contribution >= 4 is 29.0 Å². The van der Waals surface area contributed by atoms with Crippen LogP contribution in [0.3, 0.4) is 0 Å². The number of hydrogen-bond acceptors (Lipinski definition) is 4. The van der Waals surface area contributed by atoms with Crippen LogP contribution in [-0.2, 0) is 29.8 Å². The summed E-state index contributed by atoms with van der Waals surface area (Å²) in [7, 11) is 0. The van der Waals surface area contributed by atoms with E-state index in [1.807, 2.05) is 36.5 Å². The zero-order chi connectivity index (χ0) is 17.5. The molecule has 1 unspecified atom stereocenters. The Morgan fingerprint density at radius 1 is 1.28 bits per heavy atom. The molecule has 1 N–H and O–H groups in total. The summed E-state index contributed by atoms with van der Waals surface area (Å²) in [6.07, 6.45) is 6.89. The average molecular weight is 375 g/mol. The Kier molecular flexibility index (Phi) is 6.93. The molecule has 1 aliphatic rings. The lowest BCUT2D eigenvalue weighted by Crippen LogP contribution is -2.31. The number of hydrogen-bond donors (Lipinski definition) is 1. The van der Waals surface area contributed by atoms with Crippen LogP contribution in [0.25, 0.3) is 0 Å². The van der Waals surface area contributed by atoms with E-state index in [9.17, 15) is 4.79 Å². The minimum atomic E-state index is -0.0209. The van der Waals surface area contributed by atoms with Crippen molar-refractivity contribution in [3.05, 3.63) is 51.5 Å². The summed E-state index contributed by atoms with van der Waals surface area (Å²) in [6, 6.07) is 10.3. The van der Waals surface area contributed by atoms with Crippen molar-refractivity contribution in [1.82, 2.24) is 10.3 Å². The van der Waals surface area contributed by atoms with Crippen LogP contribution in [0.4, 0.5) is 0 Å². The second-order valence-electron chi connectivity index (χ2n) is 6.52. The Morgan fingerprint density at radius 2 is 2.08 bits per heavy atom. The number of aryl methyl sites for hydroxylation is 3. The number of nitrogens with zero attached hydrogens (tertiary/aromatic N) is 1. The molecule has 3 nitrogen and oxygen atoms in total. The van der Waals surface area contributed by atoms with Gasteiger partial charge in [-0.3, -0.25) is 4.79 Å². The van der Waals surface area contributed by atoms with E-state index >= 15 is 0 Å². The Morgan fingerprint density at radius 3 is 2.88 bits per heavy atom. The minimum absolute atomic E-state index is 0.0209. The van der Waals surface area contributed by atoms with Crippen molar-refractivity contribution in [3.8, 4) is 0 Å². The van der Waals surface area contributed by atoms with Crippen LogP contribution in [-0.4, -0.2) is 22.7 Å². The van der Waals surface area contributed by atoms with Gasteiger partial charge in [-0.15, -0.1) is 23.1 Å². The first kappa shape index (κ1) is 18.5. The summed E-state index contributed by atoms with van der Waals surface area (Å²) in [4.78, 5) is 18.5. The lowest BCUT2D eigenvalue weighted by molar-refractivity contribution is -0.120. The van der Waals surface area contributed by atoms with Crippen LogP contribution >= 0.6 is 23.1 Å². The van der Waals surface area contributed by atoms with Crippen molar-refractivity contribution in [2.75, 3.05) is 6.54 Å². The third-order valence-corrected chi connectivity index (χ3v) is 6.90. The van der Waals surface area contributed by atoms with E-state index in [1.54, 1.807) is 11.8 Å². The van der Waals surface area contributed by atoms with Crippen LogP contribution in [0.5, 0.6) is 0 Å². The molecular formula is C20H26N2OS2. The van der Waals surface area contributed by atoms with Gasteiger partial charge < -0.3 is 5.32 Å². The number of aromatic nitrogens is 1. The molecule has 1 heterocycles. The highest BCUT2D eigenvalue weighted by atomic mass is 32.2. The van der Waals surface area contributed by atoms with Gasteiger partial charge in [0.1, 0.15) is 0 Å². The van der Waals surface area contributed by atoms with Crippen molar-refractivity contribution in [2.24, 2.45) is 0 Å². The first-order chi connectivity index (χ1) is 12.2. The summed E-state index contributed by atoms with van der Waals surface area (Å²) >= 11 is 3.57. The number of rotatable bonds is 8. The van der Waals surface area contributed by atoms with Gasteiger partial charge in [-0.1, -0.05) is 30.3 Å². The first-order valence-corrected chi connectivity index (χ1v) is 11.0. The summed E-state index contributed by atoms with van der Waals surface area (Å²) < 4.78 is 0. The fourth-order valence-electron chi connectivity index (χ4n) is 2.98. The molecule has 0 bridgehead atoms. The molecule has 1 aliphatic carbocycles. The van der Waals surface area contributed by atoms with E-state index in [1.165, 1.54) is 40.4 Å². The van der Waals surface area contributed by atoms with Crippen LogP contribution < -0.4 is 5.32 Å². The molecule has 1 aromatic carbocycles. The first-order valence-electron chi connectivity index (χ1n) is 9.13. The maximum absolute atomic E-state index is 12.2. The molecule has 0 fully saturated rings. The summed E-state index contributed by atoms with van der Waals surface area (Å²) in [5.41, 5.74) is 2.60. The molecule has 1 atom stereocenters. The molecule has 0 radical (unpaired) electrons. The van der Waals surface area contributed by atoms with Gasteiger partial charge in [-0.2, -0.15) is 0 Å². The monoisotopic (exact) mass is 374 g/mol. The molecule has 5 heteroatoms. The van der Waals surface area contributed by atoms with Gasteiger partial charge in [0.25, 0.3) is 0 Å². The van der Waals surface area contributed by atoms with Crippen LogP contribution in [0, 0.1) is 0 Å². The summed E-state index contributed by atoms with van der Waals surface area (Å²) in [5.74, 6) is 1.01. The SMILES string of the molecule is CC(SCc1ccccc1)C(=O)NCCCc1nc2c(s1)CCCC2. The molecular weight excluding hydrogens is 348 g/mol. The van der Waals surface area contributed by atoms with Gasteiger partial charge in [0.05, 0.1) is 16.0 Å². The largest absolute Gasteiger partial charge is 0.355 e. The normalized spacial score (nSPS) is 14.8. The number of amides is 1. The number of thioether (sulfide) groups is 1. The second kappa shape index (κ2) is 9.39. The molecule has 3 rings (SSSR count). The van der Waals surface area contributed by atoms with Gasteiger partial charge in [0.2, 0.25) is 5.91 Å². The van der Waals surface area contributed by atoms with Gasteiger partial charge in [-0.25, -0.2) is 4.98 Å². The van der Waals surface area contributed by atoms with E-state index in [2.05, 4.69) is 17.4 Å². The lowest BCUT2D eigenvalue weighted by Gasteiger charge is -2.11. The maximum Gasteiger partial charge on any atom is 0.232 e. The average Bonchev–Trinajstić information content (AvgIpc) is 3.06. The van der Waals surface area contributed by atoms with Crippen molar-refractivity contribution in [3.63, 3.8) is 0 Å². The Bertz CT molecular complexity index is 661. The van der Waals surface area contributed by atoms with Gasteiger partial charge in [0, 0.05) is 23.6 Å². The quantitative estimate of drug-likeness (QED) is 0.697. The number of thiazole rings is 1. The summed E-state index contributed by atoms with van der Waals surface area (Å²) in [6.45, 7) is 2.72. The number of carbonyl (C=O) groups excluding carboxylic acids is 1. The van der Waals surface area contributed by atoms with E-state index in [-0.39, 0.29) is 11.2 Å². The standard InChI is InChI=1S/C20H26N2OS2/c1-15(24-14-16-8-3-2-4-9-16)20(23)21-13-7-12-19-22-17-10-5-6-11-18(17)25-19/h2-4,8-9,15H,5-7,10-14H2,1H3,(H,21,23).